The highest BCUT2D eigenvalue weighted by atomic mass is 35.5. The predicted octanol–water partition coefficient (Wildman–Crippen LogP) is 8.25. The molecule has 3 rings (SSSR count). The molecule has 0 amide bonds. The van der Waals surface area contributed by atoms with E-state index in [2.05, 4.69) is 0 Å². The molecule has 204 valence electrons. The summed E-state index contributed by atoms with van der Waals surface area (Å²) in [6.45, 7) is 0. The highest BCUT2D eigenvalue weighted by Crippen LogP contribution is 2.34. The van der Waals surface area contributed by atoms with E-state index in [9.17, 15) is 14.4 Å². The van der Waals surface area contributed by atoms with Gasteiger partial charge in [-0.3, -0.25) is 4.79 Å². The van der Waals surface area contributed by atoms with E-state index in [1.165, 1.54) is 43.5 Å². The molecular weight excluding hydrogens is 650 g/mol. The summed E-state index contributed by atoms with van der Waals surface area (Å²) in [6, 6.07) is 8.59. The van der Waals surface area contributed by atoms with Crippen molar-refractivity contribution in [3.8, 4) is 5.75 Å². The fourth-order valence-electron chi connectivity index (χ4n) is 2.58. The van der Waals surface area contributed by atoms with Gasteiger partial charge in [0.2, 0.25) is 0 Å². The molecule has 0 atom stereocenters. The Bertz CT molecular complexity index is 1370. The molecule has 8 nitrogen and oxygen atoms in total. The fourth-order valence-corrected chi connectivity index (χ4v) is 4.14. The van der Waals surface area contributed by atoms with E-state index < -0.39 is 17.9 Å². The third-order valence-corrected chi connectivity index (χ3v) is 6.69. The summed E-state index contributed by atoms with van der Waals surface area (Å²) in [5.41, 5.74) is 5.70. The topological polar surface area (TPSA) is 147 Å². The third-order valence-electron chi connectivity index (χ3n) is 4.24. The minimum atomic E-state index is -1.16. The van der Waals surface area contributed by atoms with Crippen molar-refractivity contribution in [3.05, 3.63) is 88.2 Å². The average molecular weight is 667 g/mol. The highest BCUT2D eigenvalue weighted by molar-refractivity contribution is 6.44. The maximum absolute atomic E-state index is 10.7. The standard InChI is InChI=1S/C8H5Cl3O2.C8H6Cl2O3.C7H5Cl2NO2/c9-5-1-2-6(10)8(11)4(5)3-7(12)13;1-13-7-5(10)3-2-4(9)6(7)8(11)12;8-3-1-4(7(11)12)6(9)5(10)2-3/h1-2H,3H2,(H,12,13);2-3H,1H3,(H,11,12);1-2H,10H2,(H,11,12). The Morgan fingerprint density at radius 1 is 0.763 bits per heavy atom. The van der Waals surface area contributed by atoms with Crippen LogP contribution >= 0.6 is 81.2 Å². The summed E-state index contributed by atoms with van der Waals surface area (Å²) in [4.78, 5) is 31.7. The number of ether oxygens (including phenoxy) is 1. The Morgan fingerprint density at radius 3 is 1.76 bits per heavy atom. The third kappa shape index (κ3) is 9.47. The van der Waals surface area contributed by atoms with Gasteiger partial charge in [-0.15, -0.1) is 0 Å². The molecule has 0 saturated carbocycles. The van der Waals surface area contributed by atoms with Gasteiger partial charge in [0.05, 0.1) is 49.9 Å². The molecule has 15 heteroatoms. The molecule has 0 aliphatic carbocycles. The monoisotopic (exact) mass is 663 g/mol. The van der Waals surface area contributed by atoms with E-state index in [4.69, 9.17) is 107 Å². The molecule has 0 bridgehead atoms. The molecular formula is C23H16Cl7NO7. The van der Waals surface area contributed by atoms with E-state index in [0.29, 0.717) is 15.6 Å². The number of carboxylic acids is 3. The van der Waals surface area contributed by atoms with E-state index in [0.717, 1.165) is 0 Å². The van der Waals surface area contributed by atoms with Gasteiger partial charge in [0, 0.05) is 15.6 Å². The first-order valence-electron chi connectivity index (χ1n) is 9.69. The average Bonchev–Trinajstić information content (AvgIpc) is 2.83. The molecule has 38 heavy (non-hydrogen) atoms. The number of hydrogen-bond donors (Lipinski definition) is 4. The van der Waals surface area contributed by atoms with Crippen LogP contribution in [0.4, 0.5) is 5.69 Å². The normalized spacial score (nSPS) is 9.89. The first-order chi connectivity index (χ1) is 17.6. The van der Waals surface area contributed by atoms with Crippen LogP contribution in [0.3, 0.4) is 0 Å². The number of nitrogen functional groups attached to an aromatic ring is 1. The van der Waals surface area contributed by atoms with Crippen LogP contribution in [-0.2, 0) is 11.2 Å². The van der Waals surface area contributed by atoms with Gasteiger partial charge in [-0.2, -0.15) is 0 Å². The van der Waals surface area contributed by atoms with Crippen molar-refractivity contribution in [2.75, 3.05) is 12.8 Å². The van der Waals surface area contributed by atoms with Crippen molar-refractivity contribution in [3.63, 3.8) is 0 Å². The van der Waals surface area contributed by atoms with Crippen LogP contribution in [0.1, 0.15) is 26.3 Å². The Balaban J connectivity index is 0.000000285. The molecule has 0 spiro atoms. The second-order valence-electron chi connectivity index (χ2n) is 6.80. The van der Waals surface area contributed by atoms with E-state index in [-0.39, 0.29) is 54.1 Å². The lowest BCUT2D eigenvalue weighted by molar-refractivity contribution is -0.136. The van der Waals surface area contributed by atoms with Crippen molar-refractivity contribution >= 4 is 105 Å². The molecule has 0 fully saturated rings. The lowest BCUT2D eigenvalue weighted by atomic mass is 10.1. The van der Waals surface area contributed by atoms with Crippen molar-refractivity contribution in [2.24, 2.45) is 0 Å². The Kier molecular flexibility index (Phi) is 13.6. The molecule has 0 saturated heterocycles. The molecule has 3 aromatic carbocycles. The molecule has 0 aliphatic heterocycles. The molecule has 0 heterocycles. The van der Waals surface area contributed by atoms with Crippen molar-refractivity contribution < 1.29 is 34.4 Å². The number of methoxy groups -OCH3 is 1. The minimum absolute atomic E-state index is 0.0203. The smallest absolute Gasteiger partial charge is 0.341 e. The maximum atomic E-state index is 10.7. The minimum Gasteiger partial charge on any atom is -0.494 e. The lowest BCUT2D eigenvalue weighted by Gasteiger charge is -2.07. The molecule has 5 N–H and O–H groups in total. The Hall–Kier alpha value is -2.30. The summed E-state index contributed by atoms with van der Waals surface area (Å²) in [6.07, 6.45) is -0.224. The number of halogens is 7. The van der Waals surface area contributed by atoms with Crippen LogP contribution in [0.5, 0.6) is 5.75 Å². The summed E-state index contributed by atoms with van der Waals surface area (Å²) < 4.78 is 4.82. The molecule has 0 aliphatic rings. The van der Waals surface area contributed by atoms with Gasteiger partial charge in [0.1, 0.15) is 5.56 Å². The van der Waals surface area contributed by atoms with E-state index in [1.54, 1.807) is 0 Å². The van der Waals surface area contributed by atoms with Crippen molar-refractivity contribution in [2.45, 2.75) is 6.42 Å². The van der Waals surface area contributed by atoms with Crippen molar-refractivity contribution in [1.82, 2.24) is 0 Å². The molecule has 0 radical (unpaired) electrons. The summed E-state index contributed by atoms with van der Waals surface area (Å²) in [7, 11) is 1.34. The predicted molar refractivity (Wildman–Crippen MR) is 151 cm³/mol. The second-order valence-corrected chi connectivity index (χ2v) is 9.62. The fraction of sp³-hybridized carbons (Fsp3) is 0.0870. The van der Waals surface area contributed by atoms with Gasteiger partial charge in [-0.05, 0) is 36.4 Å². The number of carboxylic acid groups (broad SMARTS) is 3. The number of hydrogen-bond acceptors (Lipinski definition) is 5. The zero-order chi connectivity index (χ0) is 29.3. The Labute approximate surface area is 251 Å². The number of aliphatic carboxylic acids is 1. The zero-order valence-electron chi connectivity index (χ0n) is 18.9. The van der Waals surface area contributed by atoms with Gasteiger partial charge in [-0.1, -0.05) is 81.2 Å². The first-order valence-corrected chi connectivity index (χ1v) is 12.3. The first kappa shape index (κ1) is 33.7. The molecule has 0 aromatic heterocycles. The lowest BCUT2D eigenvalue weighted by Crippen LogP contribution is -2.01. The Morgan fingerprint density at radius 2 is 1.29 bits per heavy atom. The van der Waals surface area contributed by atoms with Crippen LogP contribution in [0.2, 0.25) is 35.2 Å². The van der Waals surface area contributed by atoms with Gasteiger partial charge >= 0.3 is 17.9 Å². The van der Waals surface area contributed by atoms with Crippen LogP contribution < -0.4 is 10.5 Å². The van der Waals surface area contributed by atoms with Gasteiger partial charge in [0.25, 0.3) is 0 Å². The van der Waals surface area contributed by atoms with Crippen LogP contribution in [-0.4, -0.2) is 40.3 Å². The quantitative estimate of drug-likeness (QED) is 0.157. The number of carbonyl (C=O) groups is 3. The highest BCUT2D eigenvalue weighted by Gasteiger charge is 2.18. The molecule has 3 aromatic rings. The maximum Gasteiger partial charge on any atom is 0.341 e. The van der Waals surface area contributed by atoms with E-state index >= 15 is 0 Å². The number of benzene rings is 3. The number of aromatic carboxylic acids is 2. The summed E-state index contributed by atoms with van der Waals surface area (Å²) >= 11 is 39.7. The van der Waals surface area contributed by atoms with Gasteiger partial charge in [-0.25, -0.2) is 9.59 Å². The van der Waals surface area contributed by atoms with Crippen LogP contribution in [0.15, 0.2) is 36.4 Å². The number of anilines is 1. The van der Waals surface area contributed by atoms with Gasteiger partial charge < -0.3 is 25.8 Å². The number of nitrogens with two attached hydrogens (primary N) is 1. The summed E-state index contributed by atoms with van der Waals surface area (Å²) in [5.74, 6) is -3.22. The largest absolute Gasteiger partial charge is 0.494 e. The number of rotatable bonds is 5. The zero-order valence-corrected chi connectivity index (χ0v) is 24.2. The van der Waals surface area contributed by atoms with Crippen LogP contribution in [0.25, 0.3) is 0 Å². The summed E-state index contributed by atoms with van der Waals surface area (Å²) in [5, 5.41) is 27.4. The molecule has 0 unspecified atom stereocenters. The SMILES string of the molecule is COc1c(Cl)ccc(Cl)c1C(=O)O.Nc1cc(Cl)cc(C(=O)O)c1Cl.O=C(O)Cc1c(Cl)ccc(Cl)c1Cl. The van der Waals surface area contributed by atoms with Gasteiger partial charge in [0.15, 0.2) is 5.75 Å². The van der Waals surface area contributed by atoms with E-state index in [1.807, 2.05) is 0 Å². The second kappa shape index (κ2) is 15.3. The van der Waals surface area contributed by atoms with Crippen molar-refractivity contribution in [1.29, 1.82) is 0 Å². The van der Waals surface area contributed by atoms with Crippen LogP contribution in [0, 0.1) is 0 Å².